The van der Waals surface area contributed by atoms with Crippen molar-refractivity contribution >= 4 is 11.6 Å². The second-order valence-electron chi connectivity index (χ2n) is 5.31. The Morgan fingerprint density at radius 2 is 2.00 bits per heavy atom. The van der Waals surface area contributed by atoms with Crippen LogP contribution in [0.2, 0.25) is 0 Å². The molecule has 0 spiro atoms. The average Bonchev–Trinajstić information content (AvgIpc) is 2.57. The lowest BCUT2D eigenvalue weighted by molar-refractivity contribution is 0.00675. The third kappa shape index (κ3) is 2.34. The van der Waals surface area contributed by atoms with Gasteiger partial charge in [0.2, 0.25) is 0 Å². The fraction of sp³-hybridized carbons (Fsp3) is 0.462. The van der Waals surface area contributed by atoms with Crippen LogP contribution in [0.25, 0.3) is 5.65 Å². The zero-order valence-corrected chi connectivity index (χ0v) is 11.3. The van der Waals surface area contributed by atoms with Gasteiger partial charge in [-0.1, -0.05) is 0 Å². The predicted octanol–water partition coefficient (Wildman–Crippen LogP) is 2.30. The predicted molar refractivity (Wildman–Crippen MR) is 67.6 cm³/mol. The van der Waals surface area contributed by atoms with E-state index in [0.29, 0.717) is 5.56 Å². The summed E-state index contributed by atoms with van der Waals surface area (Å²) in [5, 5.41) is 4.30. The van der Waals surface area contributed by atoms with Crippen molar-refractivity contribution in [1.82, 2.24) is 14.6 Å². The zero-order chi connectivity index (χ0) is 13.5. The molecule has 0 N–H and O–H groups in total. The number of esters is 1. The highest BCUT2D eigenvalue weighted by Gasteiger charge is 2.21. The number of carbonyl (C=O) groups excluding carboxylic acids is 1. The van der Waals surface area contributed by atoms with Gasteiger partial charge in [0, 0.05) is 12.3 Å². The van der Waals surface area contributed by atoms with Crippen LogP contribution >= 0.6 is 0 Å². The maximum absolute atomic E-state index is 12.0. The monoisotopic (exact) mass is 247 g/mol. The second-order valence-corrected chi connectivity index (χ2v) is 5.31. The number of carbonyl (C=O) groups is 1. The standard InChI is InChI=1S/C13H17N3O2/c1-8-6-11-14-7-10(9(2)16(11)15-8)12(17)18-13(3,4)5/h6-7H,1-5H3. The minimum atomic E-state index is -0.515. The summed E-state index contributed by atoms with van der Waals surface area (Å²) in [7, 11) is 0. The summed E-state index contributed by atoms with van der Waals surface area (Å²) in [6.45, 7) is 9.24. The molecule has 96 valence electrons. The van der Waals surface area contributed by atoms with Gasteiger partial charge >= 0.3 is 5.97 Å². The SMILES string of the molecule is Cc1cc2ncc(C(=O)OC(C)(C)C)c(C)n2n1. The molecule has 0 saturated heterocycles. The molecule has 0 radical (unpaired) electrons. The highest BCUT2D eigenvalue weighted by molar-refractivity contribution is 5.90. The van der Waals surface area contributed by atoms with Gasteiger partial charge in [0.1, 0.15) is 5.60 Å². The van der Waals surface area contributed by atoms with Crippen LogP contribution in [0.15, 0.2) is 12.3 Å². The van der Waals surface area contributed by atoms with Crippen LogP contribution in [-0.4, -0.2) is 26.2 Å². The first kappa shape index (κ1) is 12.5. The maximum atomic E-state index is 12.0. The highest BCUT2D eigenvalue weighted by atomic mass is 16.6. The van der Waals surface area contributed by atoms with Gasteiger partial charge in [0.25, 0.3) is 0 Å². The Kier molecular flexibility index (Phi) is 2.84. The lowest BCUT2D eigenvalue weighted by atomic mass is 10.2. The van der Waals surface area contributed by atoms with Crippen molar-refractivity contribution in [2.45, 2.75) is 40.2 Å². The van der Waals surface area contributed by atoms with E-state index < -0.39 is 5.60 Å². The molecule has 0 fully saturated rings. The van der Waals surface area contributed by atoms with Gasteiger partial charge < -0.3 is 4.74 Å². The summed E-state index contributed by atoms with van der Waals surface area (Å²) in [6, 6.07) is 1.87. The lowest BCUT2D eigenvalue weighted by Gasteiger charge is -2.20. The number of ether oxygens (including phenoxy) is 1. The molecule has 0 aliphatic rings. The van der Waals surface area contributed by atoms with Gasteiger partial charge in [0.15, 0.2) is 5.65 Å². The Morgan fingerprint density at radius 1 is 1.33 bits per heavy atom. The summed E-state index contributed by atoms with van der Waals surface area (Å²) >= 11 is 0. The van der Waals surface area contributed by atoms with Gasteiger partial charge in [-0.05, 0) is 34.6 Å². The number of rotatable bonds is 1. The van der Waals surface area contributed by atoms with E-state index in [0.717, 1.165) is 17.0 Å². The van der Waals surface area contributed by atoms with E-state index in [1.807, 2.05) is 40.7 Å². The Hall–Kier alpha value is -1.91. The van der Waals surface area contributed by atoms with E-state index in [4.69, 9.17) is 4.74 Å². The van der Waals surface area contributed by atoms with Crippen molar-refractivity contribution < 1.29 is 9.53 Å². The van der Waals surface area contributed by atoms with Crippen molar-refractivity contribution in [3.8, 4) is 0 Å². The first-order chi connectivity index (χ1) is 8.28. The Balaban J connectivity index is 2.46. The quantitative estimate of drug-likeness (QED) is 0.725. The number of aryl methyl sites for hydroxylation is 2. The van der Waals surface area contributed by atoms with Crippen LogP contribution in [0.4, 0.5) is 0 Å². The maximum Gasteiger partial charge on any atom is 0.342 e. The molecule has 5 heteroatoms. The molecule has 2 heterocycles. The number of hydrogen-bond donors (Lipinski definition) is 0. The van der Waals surface area contributed by atoms with Crippen molar-refractivity contribution in [1.29, 1.82) is 0 Å². The number of nitrogens with zero attached hydrogens (tertiary/aromatic N) is 3. The van der Waals surface area contributed by atoms with Gasteiger partial charge in [-0.2, -0.15) is 5.10 Å². The molecule has 0 aliphatic carbocycles. The van der Waals surface area contributed by atoms with E-state index in [-0.39, 0.29) is 5.97 Å². The minimum absolute atomic E-state index is 0.373. The largest absolute Gasteiger partial charge is 0.456 e. The summed E-state index contributed by atoms with van der Waals surface area (Å²) in [4.78, 5) is 16.2. The molecule has 0 amide bonds. The molecule has 2 aromatic rings. The molecule has 2 aromatic heterocycles. The fourth-order valence-corrected chi connectivity index (χ4v) is 1.70. The topological polar surface area (TPSA) is 56.5 Å². The Morgan fingerprint density at radius 3 is 2.61 bits per heavy atom. The van der Waals surface area contributed by atoms with Crippen molar-refractivity contribution in [3.05, 3.63) is 29.2 Å². The Labute approximate surface area is 106 Å². The van der Waals surface area contributed by atoms with Crippen molar-refractivity contribution in [2.75, 3.05) is 0 Å². The summed E-state index contributed by atoms with van der Waals surface area (Å²) in [5.41, 5.74) is 2.27. The van der Waals surface area contributed by atoms with Crippen molar-refractivity contribution in [3.63, 3.8) is 0 Å². The van der Waals surface area contributed by atoms with Gasteiger partial charge in [0.05, 0.1) is 17.0 Å². The van der Waals surface area contributed by atoms with Crippen molar-refractivity contribution in [2.24, 2.45) is 0 Å². The number of aromatic nitrogens is 3. The summed E-state index contributed by atoms with van der Waals surface area (Å²) in [6.07, 6.45) is 1.54. The van der Waals surface area contributed by atoms with Crippen LogP contribution in [0, 0.1) is 13.8 Å². The molecule has 2 rings (SSSR count). The smallest absolute Gasteiger partial charge is 0.342 e. The molecule has 0 aliphatic heterocycles. The molecule has 0 atom stereocenters. The third-order valence-electron chi connectivity index (χ3n) is 2.46. The Bertz CT molecular complexity index is 608. The van der Waals surface area contributed by atoms with Gasteiger partial charge in [-0.25, -0.2) is 14.3 Å². The molecule has 5 nitrogen and oxygen atoms in total. The van der Waals surface area contributed by atoms with E-state index in [2.05, 4.69) is 10.1 Å². The summed E-state index contributed by atoms with van der Waals surface area (Å²) in [5.74, 6) is -0.373. The van der Waals surface area contributed by atoms with E-state index >= 15 is 0 Å². The summed E-state index contributed by atoms with van der Waals surface area (Å²) < 4.78 is 7.00. The fourth-order valence-electron chi connectivity index (χ4n) is 1.70. The molecule has 18 heavy (non-hydrogen) atoms. The molecule has 0 unspecified atom stereocenters. The molecular weight excluding hydrogens is 230 g/mol. The zero-order valence-electron chi connectivity index (χ0n) is 11.3. The normalized spacial score (nSPS) is 11.8. The van der Waals surface area contributed by atoms with E-state index in [1.165, 1.54) is 0 Å². The molecule has 0 saturated carbocycles. The lowest BCUT2D eigenvalue weighted by Crippen LogP contribution is -2.25. The van der Waals surface area contributed by atoms with Crippen LogP contribution in [-0.2, 0) is 4.74 Å². The molecular formula is C13H17N3O2. The first-order valence-electron chi connectivity index (χ1n) is 5.83. The number of fused-ring (bicyclic) bond motifs is 1. The molecule has 0 bridgehead atoms. The van der Waals surface area contributed by atoms with E-state index in [1.54, 1.807) is 10.7 Å². The van der Waals surface area contributed by atoms with Crippen LogP contribution in [0.5, 0.6) is 0 Å². The first-order valence-corrected chi connectivity index (χ1v) is 5.83. The molecule has 0 aromatic carbocycles. The second kappa shape index (κ2) is 4.08. The third-order valence-corrected chi connectivity index (χ3v) is 2.46. The van der Waals surface area contributed by atoms with Crippen LogP contribution < -0.4 is 0 Å². The van der Waals surface area contributed by atoms with Gasteiger partial charge in [-0.15, -0.1) is 0 Å². The van der Waals surface area contributed by atoms with Gasteiger partial charge in [-0.3, -0.25) is 0 Å². The van der Waals surface area contributed by atoms with E-state index in [9.17, 15) is 4.79 Å². The van der Waals surface area contributed by atoms with Crippen LogP contribution in [0.3, 0.4) is 0 Å². The minimum Gasteiger partial charge on any atom is -0.456 e. The number of hydrogen-bond acceptors (Lipinski definition) is 4. The average molecular weight is 247 g/mol. The van der Waals surface area contributed by atoms with Crippen LogP contribution in [0.1, 0.15) is 42.5 Å². The highest BCUT2D eigenvalue weighted by Crippen LogP contribution is 2.16.